The van der Waals surface area contributed by atoms with Gasteiger partial charge >= 0.3 is 0 Å². The van der Waals surface area contributed by atoms with Crippen molar-refractivity contribution < 1.29 is 0 Å². The molecule has 0 aromatic rings. The fraction of sp³-hybridized carbons (Fsp3) is 1.00. The van der Waals surface area contributed by atoms with Gasteiger partial charge in [-0.05, 0) is 44.1 Å². The molecule has 12 heavy (non-hydrogen) atoms. The molecule has 1 N–H and O–H groups in total. The standard InChI is InChI=1S/C11H23N/c1-8(2)10(4)12-7-9(3)11-5-6-11/h8-12H,5-7H2,1-4H3. The quantitative estimate of drug-likeness (QED) is 0.667. The molecule has 0 bridgehead atoms. The zero-order valence-electron chi connectivity index (χ0n) is 8.93. The topological polar surface area (TPSA) is 12.0 Å². The Kier molecular flexibility index (Phi) is 3.57. The summed E-state index contributed by atoms with van der Waals surface area (Å²) in [6, 6.07) is 0.672. The minimum absolute atomic E-state index is 0.672. The maximum Gasteiger partial charge on any atom is 0.00618 e. The number of rotatable bonds is 5. The van der Waals surface area contributed by atoms with Gasteiger partial charge in [-0.2, -0.15) is 0 Å². The van der Waals surface area contributed by atoms with Crippen molar-refractivity contribution in [1.82, 2.24) is 5.32 Å². The predicted octanol–water partition coefficient (Wildman–Crippen LogP) is 2.67. The molecule has 1 fully saturated rings. The van der Waals surface area contributed by atoms with Crippen molar-refractivity contribution in [1.29, 1.82) is 0 Å². The van der Waals surface area contributed by atoms with Gasteiger partial charge in [-0.15, -0.1) is 0 Å². The minimum atomic E-state index is 0.672. The molecule has 0 amide bonds. The normalized spacial score (nSPS) is 22.8. The second-order valence-electron chi connectivity index (χ2n) is 4.76. The smallest absolute Gasteiger partial charge is 0.00618 e. The van der Waals surface area contributed by atoms with Crippen molar-refractivity contribution in [3.63, 3.8) is 0 Å². The van der Waals surface area contributed by atoms with Crippen molar-refractivity contribution in [2.75, 3.05) is 6.54 Å². The van der Waals surface area contributed by atoms with Crippen LogP contribution in [0.3, 0.4) is 0 Å². The van der Waals surface area contributed by atoms with E-state index < -0.39 is 0 Å². The molecule has 1 aliphatic rings. The second kappa shape index (κ2) is 4.27. The second-order valence-corrected chi connectivity index (χ2v) is 4.76. The van der Waals surface area contributed by atoms with Gasteiger partial charge in [-0.1, -0.05) is 20.8 Å². The van der Waals surface area contributed by atoms with Crippen LogP contribution >= 0.6 is 0 Å². The molecular weight excluding hydrogens is 146 g/mol. The first kappa shape index (κ1) is 10.0. The average molecular weight is 169 g/mol. The van der Waals surface area contributed by atoms with Gasteiger partial charge in [0.15, 0.2) is 0 Å². The monoisotopic (exact) mass is 169 g/mol. The van der Waals surface area contributed by atoms with E-state index in [0.717, 1.165) is 17.8 Å². The van der Waals surface area contributed by atoms with Crippen LogP contribution in [0.5, 0.6) is 0 Å². The van der Waals surface area contributed by atoms with E-state index in [1.54, 1.807) is 0 Å². The van der Waals surface area contributed by atoms with Gasteiger partial charge in [0.1, 0.15) is 0 Å². The maximum absolute atomic E-state index is 3.60. The summed E-state index contributed by atoms with van der Waals surface area (Å²) in [5.41, 5.74) is 0. The Labute approximate surface area is 76.9 Å². The van der Waals surface area contributed by atoms with E-state index in [1.165, 1.54) is 19.4 Å². The average Bonchev–Trinajstić information content (AvgIpc) is 2.81. The summed E-state index contributed by atoms with van der Waals surface area (Å²) in [6.45, 7) is 10.4. The molecule has 2 atom stereocenters. The van der Waals surface area contributed by atoms with E-state index >= 15 is 0 Å². The van der Waals surface area contributed by atoms with Crippen LogP contribution < -0.4 is 5.32 Å². The molecule has 72 valence electrons. The van der Waals surface area contributed by atoms with Gasteiger partial charge in [-0.25, -0.2) is 0 Å². The third kappa shape index (κ3) is 3.14. The molecule has 0 aliphatic heterocycles. The van der Waals surface area contributed by atoms with Crippen LogP contribution in [0.25, 0.3) is 0 Å². The van der Waals surface area contributed by atoms with Crippen LogP contribution in [0.1, 0.15) is 40.5 Å². The van der Waals surface area contributed by atoms with Gasteiger partial charge in [0.25, 0.3) is 0 Å². The van der Waals surface area contributed by atoms with Gasteiger partial charge in [0, 0.05) is 6.04 Å². The van der Waals surface area contributed by atoms with E-state index in [4.69, 9.17) is 0 Å². The zero-order valence-corrected chi connectivity index (χ0v) is 8.93. The highest BCUT2D eigenvalue weighted by Gasteiger charge is 2.27. The van der Waals surface area contributed by atoms with Crippen molar-refractivity contribution >= 4 is 0 Å². The van der Waals surface area contributed by atoms with Crippen molar-refractivity contribution in [3.8, 4) is 0 Å². The Morgan fingerprint density at radius 1 is 1.17 bits per heavy atom. The van der Waals surface area contributed by atoms with E-state index in [9.17, 15) is 0 Å². The van der Waals surface area contributed by atoms with E-state index in [-0.39, 0.29) is 0 Å². The minimum Gasteiger partial charge on any atom is -0.314 e. The Bertz CT molecular complexity index is 119. The lowest BCUT2D eigenvalue weighted by molar-refractivity contribution is 0.374. The molecule has 0 radical (unpaired) electrons. The van der Waals surface area contributed by atoms with Gasteiger partial charge in [0.2, 0.25) is 0 Å². The summed E-state index contributed by atoms with van der Waals surface area (Å²) in [6.07, 6.45) is 2.94. The summed E-state index contributed by atoms with van der Waals surface area (Å²) < 4.78 is 0. The van der Waals surface area contributed by atoms with Crippen LogP contribution in [-0.2, 0) is 0 Å². The zero-order chi connectivity index (χ0) is 9.14. The van der Waals surface area contributed by atoms with E-state index in [2.05, 4.69) is 33.0 Å². The van der Waals surface area contributed by atoms with Crippen LogP contribution in [-0.4, -0.2) is 12.6 Å². The van der Waals surface area contributed by atoms with Crippen LogP contribution in [0.2, 0.25) is 0 Å². The lowest BCUT2D eigenvalue weighted by Gasteiger charge is -2.20. The lowest BCUT2D eigenvalue weighted by Crippen LogP contribution is -2.34. The summed E-state index contributed by atoms with van der Waals surface area (Å²) in [4.78, 5) is 0. The summed E-state index contributed by atoms with van der Waals surface area (Å²) >= 11 is 0. The molecule has 0 heterocycles. The van der Waals surface area contributed by atoms with Gasteiger partial charge in [-0.3, -0.25) is 0 Å². The highest BCUT2D eigenvalue weighted by Crippen LogP contribution is 2.36. The molecule has 2 unspecified atom stereocenters. The van der Waals surface area contributed by atoms with Crippen LogP contribution in [0.4, 0.5) is 0 Å². The Balaban J connectivity index is 2.07. The molecular formula is C11H23N. The van der Waals surface area contributed by atoms with Crippen molar-refractivity contribution in [3.05, 3.63) is 0 Å². The van der Waals surface area contributed by atoms with Crippen molar-refractivity contribution in [2.24, 2.45) is 17.8 Å². The summed E-state index contributed by atoms with van der Waals surface area (Å²) in [5, 5.41) is 3.60. The van der Waals surface area contributed by atoms with E-state index in [0.29, 0.717) is 6.04 Å². The molecule has 0 aromatic carbocycles. The summed E-state index contributed by atoms with van der Waals surface area (Å²) in [7, 11) is 0. The van der Waals surface area contributed by atoms with Crippen LogP contribution in [0, 0.1) is 17.8 Å². The Morgan fingerprint density at radius 3 is 2.17 bits per heavy atom. The van der Waals surface area contributed by atoms with Gasteiger partial charge in [0.05, 0.1) is 0 Å². The molecule has 0 aromatic heterocycles. The molecule has 0 saturated heterocycles. The number of hydrogen-bond acceptors (Lipinski definition) is 1. The predicted molar refractivity (Wildman–Crippen MR) is 54.2 cm³/mol. The SMILES string of the molecule is CC(C)C(C)NCC(C)C1CC1. The third-order valence-electron chi connectivity index (χ3n) is 3.19. The Morgan fingerprint density at radius 2 is 1.75 bits per heavy atom. The highest BCUT2D eigenvalue weighted by atomic mass is 14.9. The summed E-state index contributed by atoms with van der Waals surface area (Å²) in [5.74, 6) is 2.69. The van der Waals surface area contributed by atoms with Gasteiger partial charge < -0.3 is 5.32 Å². The molecule has 1 nitrogen and oxygen atoms in total. The molecule has 0 spiro atoms. The first-order chi connectivity index (χ1) is 5.61. The molecule has 1 aliphatic carbocycles. The Hall–Kier alpha value is -0.0400. The van der Waals surface area contributed by atoms with E-state index in [1.807, 2.05) is 0 Å². The number of hydrogen-bond donors (Lipinski definition) is 1. The third-order valence-corrected chi connectivity index (χ3v) is 3.19. The molecule has 1 heteroatoms. The maximum atomic E-state index is 3.60. The van der Waals surface area contributed by atoms with Crippen LogP contribution in [0.15, 0.2) is 0 Å². The fourth-order valence-corrected chi connectivity index (χ4v) is 1.44. The first-order valence-corrected chi connectivity index (χ1v) is 5.34. The lowest BCUT2D eigenvalue weighted by atomic mass is 10.0. The first-order valence-electron chi connectivity index (χ1n) is 5.34. The fourth-order valence-electron chi connectivity index (χ4n) is 1.44. The van der Waals surface area contributed by atoms with Crippen molar-refractivity contribution in [2.45, 2.75) is 46.6 Å². The molecule has 1 saturated carbocycles. The number of nitrogens with one attached hydrogen (secondary N) is 1. The molecule has 1 rings (SSSR count). The largest absolute Gasteiger partial charge is 0.314 e. The highest BCUT2D eigenvalue weighted by molar-refractivity contribution is 4.80.